The first kappa shape index (κ1) is 12.1. The topological polar surface area (TPSA) is 67.1 Å². The van der Waals surface area contributed by atoms with Crippen LogP contribution in [0.1, 0.15) is 19.8 Å². The van der Waals surface area contributed by atoms with Crippen LogP contribution in [0.3, 0.4) is 0 Å². The third kappa shape index (κ3) is 3.56. The average molecular weight is 235 g/mol. The van der Waals surface area contributed by atoms with Crippen LogP contribution in [0, 0.1) is 5.92 Å². The minimum Gasteiger partial charge on any atom is -0.384 e. The summed E-state index contributed by atoms with van der Waals surface area (Å²) < 4.78 is 0. The first-order valence-corrected chi connectivity index (χ1v) is 6.31. The Morgan fingerprint density at radius 2 is 2.18 bits per heavy atom. The van der Waals surface area contributed by atoms with Crippen LogP contribution in [0.25, 0.3) is 0 Å². The van der Waals surface area contributed by atoms with Gasteiger partial charge < -0.3 is 16.0 Å². The highest BCUT2D eigenvalue weighted by molar-refractivity contribution is 5.43. The van der Waals surface area contributed by atoms with Crippen LogP contribution in [0.4, 0.5) is 11.6 Å². The summed E-state index contributed by atoms with van der Waals surface area (Å²) in [5.41, 5.74) is 5.61. The Labute approximate surface area is 102 Å². The van der Waals surface area contributed by atoms with Crippen LogP contribution in [0.15, 0.2) is 12.4 Å². The highest BCUT2D eigenvalue weighted by Crippen LogP contribution is 2.17. The number of nitrogens with zero attached hydrogens (tertiary/aromatic N) is 3. The highest BCUT2D eigenvalue weighted by Gasteiger charge is 2.17. The van der Waals surface area contributed by atoms with Crippen LogP contribution < -0.4 is 11.1 Å². The minimum atomic E-state index is 0.517. The Kier molecular flexibility index (Phi) is 4.14. The van der Waals surface area contributed by atoms with Gasteiger partial charge in [0.25, 0.3) is 0 Å². The molecule has 5 heteroatoms. The fourth-order valence-corrected chi connectivity index (χ4v) is 2.22. The molecule has 1 fully saturated rings. The van der Waals surface area contributed by atoms with Gasteiger partial charge in [-0.25, -0.2) is 9.97 Å². The molecule has 1 aliphatic rings. The number of hydrogen-bond donors (Lipinski definition) is 2. The van der Waals surface area contributed by atoms with E-state index in [-0.39, 0.29) is 0 Å². The molecule has 0 spiro atoms. The van der Waals surface area contributed by atoms with Crippen molar-refractivity contribution in [3.63, 3.8) is 0 Å². The van der Waals surface area contributed by atoms with Gasteiger partial charge in [0.2, 0.25) is 0 Å². The summed E-state index contributed by atoms with van der Waals surface area (Å²) in [5, 5.41) is 3.34. The molecule has 94 valence electrons. The summed E-state index contributed by atoms with van der Waals surface area (Å²) in [4.78, 5) is 10.5. The molecular weight excluding hydrogens is 214 g/mol. The second-order valence-corrected chi connectivity index (χ2v) is 4.59. The molecule has 0 bridgehead atoms. The second-order valence-electron chi connectivity index (χ2n) is 4.59. The van der Waals surface area contributed by atoms with E-state index in [1.165, 1.54) is 38.8 Å². The van der Waals surface area contributed by atoms with Gasteiger partial charge in [-0.05, 0) is 38.4 Å². The molecular formula is C12H21N5. The lowest BCUT2D eigenvalue weighted by Crippen LogP contribution is -2.35. The van der Waals surface area contributed by atoms with Crippen molar-refractivity contribution in [3.05, 3.63) is 12.4 Å². The molecule has 1 aromatic heterocycles. The quantitative estimate of drug-likeness (QED) is 0.821. The van der Waals surface area contributed by atoms with Crippen molar-refractivity contribution < 1.29 is 0 Å². The molecule has 1 aliphatic heterocycles. The fraction of sp³-hybridized carbons (Fsp3) is 0.667. The molecule has 2 heterocycles. The SMILES string of the molecule is CCN1CCC(CNc2cc(N)ncn2)CC1. The molecule has 17 heavy (non-hydrogen) atoms. The maximum Gasteiger partial charge on any atom is 0.131 e. The number of likely N-dealkylation sites (tertiary alicyclic amines) is 1. The van der Waals surface area contributed by atoms with Crippen molar-refractivity contribution in [1.29, 1.82) is 0 Å². The van der Waals surface area contributed by atoms with E-state index >= 15 is 0 Å². The standard InChI is InChI=1S/C12H21N5/c1-2-17-5-3-10(4-6-17)8-14-12-7-11(13)15-9-16-12/h7,9-10H,2-6,8H2,1H3,(H3,13,14,15,16). The predicted molar refractivity (Wildman–Crippen MR) is 69.8 cm³/mol. The van der Waals surface area contributed by atoms with Gasteiger partial charge in [0.05, 0.1) is 0 Å². The number of nitrogens with two attached hydrogens (primary N) is 1. The molecule has 0 radical (unpaired) electrons. The Bertz CT molecular complexity index is 347. The molecule has 0 atom stereocenters. The lowest BCUT2D eigenvalue weighted by atomic mass is 9.97. The smallest absolute Gasteiger partial charge is 0.131 e. The van der Waals surface area contributed by atoms with Crippen LogP contribution in [0.5, 0.6) is 0 Å². The number of anilines is 2. The van der Waals surface area contributed by atoms with Gasteiger partial charge >= 0.3 is 0 Å². The molecule has 0 aromatic carbocycles. The summed E-state index contributed by atoms with van der Waals surface area (Å²) in [6.45, 7) is 6.81. The van der Waals surface area contributed by atoms with E-state index in [9.17, 15) is 0 Å². The van der Waals surface area contributed by atoms with E-state index in [0.717, 1.165) is 18.3 Å². The first-order chi connectivity index (χ1) is 8.28. The van der Waals surface area contributed by atoms with E-state index in [2.05, 4.69) is 27.1 Å². The normalized spacial score (nSPS) is 18.2. The number of nitrogen functional groups attached to an aromatic ring is 1. The first-order valence-electron chi connectivity index (χ1n) is 6.31. The van der Waals surface area contributed by atoms with Gasteiger partial charge in [0, 0.05) is 12.6 Å². The van der Waals surface area contributed by atoms with E-state index in [0.29, 0.717) is 5.82 Å². The maximum absolute atomic E-state index is 5.61. The summed E-state index contributed by atoms with van der Waals surface area (Å²) in [7, 11) is 0. The molecule has 0 saturated carbocycles. The lowest BCUT2D eigenvalue weighted by Gasteiger charge is -2.31. The second kappa shape index (κ2) is 5.82. The summed E-state index contributed by atoms with van der Waals surface area (Å²) in [6, 6.07) is 1.78. The van der Waals surface area contributed by atoms with Gasteiger partial charge in [0.1, 0.15) is 18.0 Å². The van der Waals surface area contributed by atoms with Crippen LogP contribution in [0.2, 0.25) is 0 Å². The van der Waals surface area contributed by atoms with Crippen molar-refractivity contribution in [2.45, 2.75) is 19.8 Å². The maximum atomic E-state index is 5.61. The van der Waals surface area contributed by atoms with Gasteiger partial charge in [0.15, 0.2) is 0 Å². The van der Waals surface area contributed by atoms with Crippen LogP contribution in [-0.2, 0) is 0 Å². The lowest BCUT2D eigenvalue weighted by molar-refractivity contribution is 0.198. The van der Waals surface area contributed by atoms with Gasteiger partial charge in [-0.3, -0.25) is 0 Å². The molecule has 1 saturated heterocycles. The summed E-state index contributed by atoms with van der Waals surface area (Å²) in [6.07, 6.45) is 4.03. The Hall–Kier alpha value is -1.36. The zero-order chi connectivity index (χ0) is 12.1. The highest BCUT2D eigenvalue weighted by atomic mass is 15.1. The zero-order valence-corrected chi connectivity index (χ0v) is 10.4. The Morgan fingerprint density at radius 3 is 2.82 bits per heavy atom. The fourth-order valence-electron chi connectivity index (χ4n) is 2.22. The molecule has 5 nitrogen and oxygen atoms in total. The Morgan fingerprint density at radius 1 is 1.41 bits per heavy atom. The van der Waals surface area contributed by atoms with Gasteiger partial charge in [-0.2, -0.15) is 0 Å². The number of aromatic nitrogens is 2. The third-order valence-electron chi connectivity index (χ3n) is 3.41. The van der Waals surface area contributed by atoms with Crippen LogP contribution >= 0.6 is 0 Å². The number of hydrogen-bond acceptors (Lipinski definition) is 5. The molecule has 0 unspecified atom stereocenters. The van der Waals surface area contributed by atoms with Crippen molar-refractivity contribution in [2.75, 3.05) is 37.2 Å². The number of nitrogens with one attached hydrogen (secondary N) is 1. The predicted octanol–water partition coefficient (Wildman–Crippen LogP) is 1.20. The van der Waals surface area contributed by atoms with Crippen molar-refractivity contribution in [3.8, 4) is 0 Å². The van der Waals surface area contributed by atoms with E-state index in [1.54, 1.807) is 6.07 Å². The summed E-state index contributed by atoms with van der Waals surface area (Å²) in [5.74, 6) is 2.09. The average Bonchev–Trinajstić information content (AvgIpc) is 2.37. The van der Waals surface area contributed by atoms with Crippen molar-refractivity contribution in [2.24, 2.45) is 5.92 Å². The van der Waals surface area contributed by atoms with E-state index < -0.39 is 0 Å². The minimum absolute atomic E-state index is 0.517. The Balaban J connectivity index is 1.76. The molecule has 1 aromatic rings. The largest absolute Gasteiger partial charge is 0.384 e. The molecule has 3 N–H and O–H groups in total. The molecule has 2 rings (SSSR count). The molecule has 0 amide bonds. The monoisotopic (exact) mass is 235 g/mol. The van der Waals surface area contributed by atoms with Crippen molar-refractivity contribution in [1.82, 2.24) is 14.9 Å². The van der Waals surface area contributed by atoms with E-state index in [4.69, 9.17) is 5.73 Å². The number of piperidine rings is 1. The molecule has 0 aliphatic carbocycles. The van der Waals surface area contributed by atoms with Crippen molar-refractivity contribution >= 4 is 11.6 Å². The van der Waals surface area contributed by atoms with Gasteiger partial charge in [-0.1, -0.05) is 6.92 Å². The zero-order valence-electron chi connectivity index (χ0n) is 10.4. The third-order valence-corrected chi connectivity index (χ3v) is 3.41. The van der Waals surface area contributed by atoms with E-state index in [1.807, 2.05) is 0 Å². The van der Waals surface area contributed by atoms with Crippen LogP contribution in [-0.4, -0.2) is 41.0 Å². The van der Waals surface area contributed by atoms with Gasteiger partial charge in [-0.15, -0.1) is 0 Å². The number of rotatable bonds is 4. The summed E-state index contributed by atoms with van der Waals surface area (Å²) >= 11 is 0.